The number of esters is 1. The maximum absolute atomic E-state index is 11.3. The van der Waals surface area contributed by atoms with Crippen LogP contribution in [0.25, 0.3) is 0 Å². The van der Waals surface area contributed by atoms with E-state index in [1.165, 1.54) is 31.2 Å². The summed E-state index contributed by atoms with van der Waals surface area (Å²) in [5.41, 5.74) is 5.80. The van der Waals surface area contributed by atoms with Crippen LogP contribution in [0.4, 0.5) is 5.69 Å². The number of nitro groups is 1. The van der Waals surface area contributed by atoms with E-state index < -0.39 is 22.7 Å². The summed E-state index contributed by atoms with van der Waals surface area (Å²) in [6, 6.07) is 4.24. The Morgan fingerprint density at radius 1 is 1.39 bits per heavy atom. The van der Waals surface area contributed by atoms with Crippen molar-refractivity contribution in [2.45, 2.75) is 19.6 Å². The van der Waals surface area contributed by atoms with E-state index in [0.29, 0.717) is 5.56 Å². The number of Topliss-reactive ketones (excluding diaryl/α,β-unsaturated/α-hetero) is 1. The Bertz CT molecular complexity index is 469. The molecule has 0 aliphatic carbocycles. The van der Waals surface area contributed by atoms with E-state index in [4.69, 9.17) is 10.5 Å². The standard InChI is InChI=1S/C11H12N2O5/c1-7(14)10(12)11(15)18-6-8-2-4-9(5-3-8)13(16)17/h2-5,10H,6,12H2,1H3. The number of ether oxygens (including phenoxy) is 1. The molecule has 1 atom stereocenters. The van der Waals surface area contributed by atoms with Gasteiger partial charge in [-0.05, 0) is 24.6 Å². The first kappa shape index (κ1) is 13.8. The van der Waals surface area contributed by atoms with Crippen molar-refractivity contribution in [2.24, 2.45) is 5.73 Å². The fraction of sp³-hybridized carbons (Fsp3) is 0.273. The number of nitrogens with two attached hydrogens (primary N) is 1. The van der Waals surface area contributed by atoms with Gasteiger partial charge in [-0.1, -0.05) is 0 Å². The predicted molar refractivity (Wildman–Crippen MR) is 61.5 cm³/mol. The molecule has 0 saturated carbocycles. The fourth-order valence-corrected chi connectivity index (χ4v) is 1.12. The molecule has 0 radical (unpaired) electrons. The number of carbonyl (C=O) groups excluding carboxylic acids is 2. The molecule has 0 aromatic heterocycles. The summed E-state index contributed by atoms with van der Waals surface area (Å²) in [5.74, 6) is -1.30. The van der Waals surface area contributed by atoms with Crippen LogP contribution in [0.3, 0.4) is 0 Å². The number of nitrogens with zero attached hydrogens (tertiary/aromatic N) is 1. The van der Waals surface area contributed by atoms with Gasteiger partial charge >= 0.3 is 5.97 Å². The normalized spacial score (nSPS) is 11.7. The molecular formula is C11H12N2O5. The van der Waals surface area contributed by atoms with Crippen molar-refractivity contribution in [3.63, 3.8) is 0 Å². The zero-order chi connectivity index (χ0) is 13.7. The Balaban J connectivity index is 2.56. The Labute approximate surface area is 103 Å². The van der Waals surface area contributed by atoms with Crippen LogP contribution in [0.1, 0.15) is 12.5 Å². The van der Waals surface area contributed by atoms with E-state index in [9.17, 15) is 19.7 Å². The van der Waals surface area contributed by atoms with Gasteiger partial charge in [0.15, 0.2) is 11.8 Å². The molecule has 2 N–H and O–H groups in total. The van der Waals surface area contributed by atoms with Gasteiger partial charge in [0.05, 0.1) is 4.92 Å². The maximum Gasteiger partial charge on any atom is 0.330 e. The first-order valence-corrected chi connectivity index (χ1v) is 5.08. The van der Waals surface area contributed by atoms with Crippen molar-refractivity contribution in [3.05, 3.63) is 39.9 Å². The molecule has 0 bridgehead atoms. The third-order valence-electron chi connectivity index (χ3n) is 2.22. The fourth-order valence-electron chi connectivity index (χ4n) is 1.12. The maximum atomic E-state index is 11.3. The molecule has 7 nitrogen and oxygen atoms in total. The Hall–Kier alpha value is -2.28. The quantitative estimate of drug-likeness (QED) is 0.354. The second kappa shape index (κ2) is 5.87. The van der Waals surface area contributed by atoms with Crippen LogP contribution in [-0.4, -0.2) is 22.7 Å². The van der Waals surface area contributed by atoms with Crippen LogP contribution in [0, 0.1) is 10.1 Å². The summed E-state index contributed by atoms with van der Waals surface area (Å²) in [4.78, 5) is 32.0. The molecule has 0 spiro atoms. The average molecular weight is 252 g/mol. The van der Waals surface area contributed by atoms with Gasteiger partial charge in [0.25, 0.3) is 5.69 Å². The topological polar surface area (TPSA) is 113 Å². The lowest BCUT2D eigenvalue weighted by Gasteiger charge is -2.08. The van der Waals surface area contributed by atoms with E-state index in [0.717, 1.165) is 0 Å². The molecule has 1 rings (SSSR count). The lowest BCUT2D eigenvalue weighted by molar-refractivity contribution is -0.384. The van der Waals surface area contributed by atoms with Crippen LogP contribution in [0.5, 0.6) is 0 Å². The SMILES string of the molecule is CC(=O)C(N)C(=O)OCc1ccc([N+](=O)[O-])cc1. The minimum absolute atomic E-state index is 0.0505. The van der Waals surface area contributed by atoms with Gasteiger partial charge in [-0.15, -0.1) is 0 Å². The highest BCUT2D eigenvalue weighted by Gasteiger charge is 2.19. The Morgan fingerprint density at radius 2 is 1.94 bits per heavy atom. The number of rotatable bonds is 5. The highest BCUT2D eigenvalue weighted by molar-refractivity contribution is 6.01. The number of non-ortho nitro benzene ring substituents is 1. The van der Waals surface area contributed by atoms with Gasteiger partial charge in [0, 0.05) is 12.1 Å². The molecule has 7 heteroatoms. The molecule has 96 valence electrons. The van der Waals surface area contributed by atoms with Crippen molar-refractivity contribution in [3.8, 4) is 0 Å². The molecule has 0 heterocycles. The minimum atomic E-state index is -1.29. The molecule has 1 aromatic rings. The number of nitro benzene ring substituents is 1. The van der Waals surface area contributed by atoms with E-state index in [1.54, 1.807) is 0 Å². The average Bonchev–Trinajstić information content (AvgIpc) is 2.35. The molecule has 18 heavy (non-hydrogen) atoms. The lowest BCUT2D eigenvalue weighted by atomic mass is 10.2. The molecule has 0 aliphatic rings. The van der Waals surface area contributed by atoms with Gasteiger partial charge in [-0.25, -0.2) is 4.79 Å². The third kappa shape index (κ3) is 3.63. The van der Waals surface area contributed by atoms with E-state index in [2.05, 4.69) is 0 Å². The largest absolute Gasteiger partial charge is 0.459 e. The Morgan fingerprint density at radius 3 is 2.39 bits per heavy atom. The molecule has 0 aliphatic heterocycles. The van der Waals surface area contributed by atoms with Crippen LogP contribution >= 0.6 is 0 Å². The third-order valence-corrected chi connectivity index (χ3v) is 2.22. The van der Waals surface area contributed by atoms with Gasteiger partial charge in [0.1, 0.15) is 6.61 Å². The summed E-state index contributed by atoms with van der Waals surface area (Å²) >= 11 is 0. The lowest BCUT2D eigenvalue weighted by Crippen LogP contribution is -2.38. The summed E-state index contributed by atoms with van der Waals surface area (Å²) in [6.07, 6.45) is 0. The molecule has 0 fully saturated rings. The first-order chi connectivity index (χ1) is 8.41. The van der Waals surface area contributed by atoms with Crippen LogP contribution in [0.15, 0.2) is 24.3 Å². The van der Waals surface area contributed by atoms with Crippen LogP contribution in [0.2, 0.25) is 0 Å². The van der Waals surface area contributed by atoms with Gasteiger partial charge < -0.3 is 10.5 Å². The number of hydrogen-bond donors (Lipinski definition) is 1. The summed E-state index contributed by atoms with van der Waals surface area (Å²) in [7, 11) is 0. The molecule has 1 aromatic carbocycles. The highest BCUT2D eigenvalue weighted by atomic mass is 16.6. The molecule has 1 unspecified atom stereocenters. The van der Waals surface area contributed by atoms with E-state index in [-0.39, 0.29) is 12.3 Å². The van der Waals surface area contributed by atoms with Gasteiger partial charge in [-0.2, -0.15) is 0 Å². The second-order valence-corrected chi connectivity index (χ2v) is 3.62. The second-order valence-electron chi connectivity index (χ2n) is 3.62. The summed E-state index contributed by atoms with van der Waals surface area (Å²) < 4.78 is 4.80. The van der Waals surface area contributed by atoms with Crippen molar-refractivity contribution < 1.29 is 19.2 Å². The van der Waals surface area contributed by atoms with Gasteiger partial charge in [-0.3, -0.25) is 14.9 Å². The molecular weight excluding hydrogens is 240 g/mol. The first-order valence-electron chi connectivity index (χ1n) is 5.08. The van der Waals surface area contributed by atoms with Gasteiger partial charge in [0.2, 0.25) is 0 Å². The number of carbonyl (C=O) groups is 2. The van der Waals surface area contributed by atoms with Crippen molar-refractivity contribution >= 4 is 17.4 Å². The molecule has 0 saturated heterocycles. The van der Waals surface area contributed by atoms with Crippen molar-refractivity contribution in [1.82, 2.24) is 0 Å². The number of benzene rings is 1. The number of ketones is 1. The zero-order valence-corrected chi connectivity index (χ0v) is 9.66. The van der Waals surface area contributed by atoms with Crippen molar-refractivity contribution in [1.29, 1.82) is 0 Å². The summed E-state index contributed by atoms with van der Waals surface area (Å²) in [6.45, 7) is 1.11. The molecule has 0 amide bonds. The monoisotopic (exact) mass is 252 g/mol. The smallest absolute Gasteiger partial charge is 0.330 e. The highest BCUT2D eigenvalue weighted by Crippen LogP contribution is 2.12. The van der Waals surface area contributed by atoms with Crippen LogP contribution < -0.4 is 5.73 Å². The number of hydrogen-bond acceptors (Lipinski definition) is 6. The van der Waals surface area contributed by atoms with Crippen molar-refractivity contribution in [2.75, 3.05) is 0 Å². The Kier molecular flexibility index (Phi) is 4.50. The van der Waals surface area contributed by atoms with E-state index >= 15 is 0 Å². The summed E-state index contributed by atoms with van der Waals surface area (Å²) in [5, 5.41) is 10.4. The van der Waals surface area contributed by atoms with Crippen LogP contribution in [-0.2, 0) is 20.9 Å². The minimum Gasteiger partial charge on any atom is -0.459 e. The van der Waals surface area contributed by atoms with E-state index in [1.807, 2.05) is 0 Å². The predicted octanol–water partition coefficient (Wildman–Crippen LogP) is 0.554. The zero-order valence-electron chi connectivity index (χ0n) is 9.66.